The Morgan fingerprint density at radius 1 is 1.60 bits per heavy atom. The van der Waals surface area contributed by atoms with Gasteiger partial charge in [0.15, 0.2) is 5.16 Å². The molecule has 0 aliphatic heterocycles. The number of hydrogen-bond donors (Lipinski definition) is 0. The fourth-order valence-electron chi connectivity index (χ4n) is 1.04. The van der Waals surface area contributed by atoms with E-state index >= 15 is 0 Å². The lowest BCUT2D eigenvalue weighted by molar-refractivity contribution is -0.380. The zero-order valence-corrected chi connectivity index (χ0v) is 9.82. The number of fused-ring (bicyclic) bond motifs is 1. The van der Waals surface area contributed by atoms with Crippen molar-refractivity contribution >= 4 is 49.9 Å². The minimum absolute atomic E-state index is 0.0273. The minimum atomic E-state index is -0.457. The molecule has 78 valence electrons. The van der Waals surface area contributed by atoms with Crippen molar-refractivity contribution in [3.63, 3.8) is 0 Å². The molecular formula is C7H4ClN3O2S2. The maximum atomic E-state index is 10.6. The van der Waals surface area contributed by atoms with Gasteiger partial charge < -0.3 is 0 Å². The molecule has 0 spiro atoms. The molecule has 2 aromatic rings. The van der Waals surface area contributed by atoms with Crippen LogP contribution < -0.4 is 0 Å². The average Bonchev–Trinajstić information content (AvgIpc) is 2.61. The average molecular weight is 262 g/mol. The van der Waals surface area contributed by atoms with Gasteiger partial charge >= 0.3 is 5.00 Å². The molecule has 0 aromatic carbocycles. The number of halogens is 1. The van der Waals surface area contributed by atoms with E-state index in [0.717, 1.165) is 11.3 Å². The smallest absolute Gasteiger partial charge is 0.258 e. The highest BCUT2D eigenvalue weighted by Gasteiger charge is 2.16. The van der Waals surface area contributed by atoms with E-state index in [9.17, 15) is 10.1 Å². The third-order valence-corrected chi connectivity index (χ3v) is 3.49. The van der Waals surface area contributed by atoms with Crippen LogP contribution in [0.4, 0.5) is 5.00 Å². The first-order chi connectivity index (χ1) is 7.11. The van der Waals surface area contributed by atoms with Crippen molar-refractivity contribution in [1.82, 2.24) is 9.97 Å². The molecule has 0 radical (unpaired) electrons. The van der Waals surface area contributed by atoms with Crippen LogP contribution in [0.2, 0.25) is 5.15 Å². The Bertz CT molecular complexity index is 542. The van der Waals surface area contributed by atoms with Crippen LogP contribution in [0.25, 0.3) is 10.2 Å². The molecule has 0 unspecified atom stereocenters. The van der Waals surface area contributed by atoms with E-state index in [1.165, 1.54) is 17.8 Å². The molecule has 0 atom stereocenters. The lowest BCUT2D eigenvalue weighted by Crippen LogP contribution is -1.85. The van der Waals surface area contributed by atoms with Gasteiger partial charge in [0.2, 0.25) is 0 Å². The van der Waals surface area contributed by atoms with Gasteiger partial charge in [0, 0.05) is 6.07 Å². The second kappa shape index (κ2) is 3.92. The van der Waals surface area contributed by atoms with E-state index in [1.807, 2.05) is 6.26 Å². The van der Waals surface area contributed by atoms with Crippen LogP contribution in [0.15, 0.2) is 11.2 Å². The largest absolute Gasteiger partial charge is 0.326 e. The maximum absolute atomic E-state index is 10.6. The summed E-state index contributed by atoms with van der Waals surface area (Å²) in [6, 6.07) is 1.40. The van der Waals surface area contributed by atoms with E-state index < -0.39 is 4.92 Å². The first-order valence-electron chi connectivity index (χ1n) is 3.77. The van der Waals surface area contributed by atoms with Crippen molar-refractivity contribution in [2.24, 2.45) is 0 Å². The van der Waals surface area contributed by atoms with E-state index in [2.05, 4.69) is 9.97 Å². The first kappa shape index (κ1) is 10.6. The second-order valence-corrected chi connectivity index (χ2v) is 4.70. The molecule has 0 saturated carbocycles. The van der Waals surface area contributed by atoms with Crippen molar-refractivity contribution in [1.29, 1.82) is 0 Å². The van der Waals surface area contributed by atoms with Gasteiger partial charge in [-0.15, -0.1) is 0 Å². The molecule has 0 fully saturated rings. The third kappa shape index (κ3) is 1.90. The van der Waals surface area contributed by atoms with Gasteiger partial charge in [0.05, 0.1) is 10.3 Å². The van der Waals surface area contributed by atoms with Gasteiger partial charge in [-0.2, -0.15) is 0 Å². The van der Waals surface area contributed by atoms with Crippen LogP contribution >= 0.6 is 34.7 Å². The van der Waals surface area contributed by atoms with Gasteiger partial charge in [0.25, 0.3) is 0 Å². The van der Waals surface area contributed by atoms with E-state index in [0.29, 0.717) is 15.4 Å². The number of thioether (sulfide) groups is 1. The molecular weight excluding hydrogens is 258 g/mol. The maximum Gasteiger partial charge on any atom is 0.326 e. The fraction of sp³-hybridized carbons (Fsp3) is 0.143. The highest BCUT2D eigenvalue weighted by atomic mass is 35.5. The quantitative estimate of drug-likeness (QED) is 0.273. The predicted molar refractivity (Wildman–Crippen MR) is 60.9 cm³/mol. The van der Waals surface area contributed by atoms with Gasteiger partial charge in [-0.3, -0.25) is 10.1 Å². The van der Waals surface area contributed by atoms with Crippen molar-refractivity contribution in [3.05, 3.63) is 21.3 Å². The Kier molecular flexibility index (Phi) is 2.76. The van der Waals surface area contributed by atoms with E-state index in [1.54, 1.807) is 0 Å². The number of thiophene rings is 1. The number of nitrogens with zero attached hydrogens (tertiary/aromatic N) is 3. The van der Waals surface area contributed by atoms with Crippen LogP contribution in [0.3, 0.4) is 0 Å². The van der Waals surface area contributed by atoms with Gasteiger partial charge in [-0.05, 0) is 17.6 Å². The van der Waals surface area contributed by atoms with Crippen molar-refractivity contribution in [3.8, 4) is 0 Å². The highest BCUT2D eigenvalue weighted by Crippen LogP contribution is 2.34. The zero-order valence-electron chi connectivity index (χ0n) is 7.43. The highest BCUT2D eigenvalue weighted by molar-refractivity contribution is 7.98. The molecule has 5 nitrogen and oxygen atoms in total. The van der Waals surface area contributed by atoms with Gasteiger partial charge in [0.1, 0.15) is 9.98 Å². The summed E-state index contributed by atoms with van der Waals surface area (Å²) in [4.78, 5) is 18.8. The van der Waals surface area contributed by atoms with Crippen LogP contribution in [0.5, 0.6) is 0 Å². The summed E-state index contributed by atoms with van der Waals surface area (Å²) >= 11 is 8.23. The van der Waals surface area contributed by atoms with Gasteiger partial charge in [-0.25, -0.2) is 9.97 Å². The number of aromatic nitrogens is 2. The molecule has 8 heteroatoms. The summed E-state index contributed by atoms with van der Waals surface area (Å²) in [5.74, 6) is 0. The lowest BCUT2D eigenvalue weighted by atomic mass is 10.4. The van der Waals surface area contributed by atoms with Crippen LogP contribution in [0.1, 0.15) is 0 Å². The summed E-state index contributed by atoms with van der Waals surface area (Å²) in [6.07, 6.45) is 1.82. The normalized spacial score (nSPS) is 10.8. The standard InChI is InChI=1S/C7H4ClN3O2S2/c1-14-7-9-5(8)3-2-4(11(12)13)15-6(3)10-7/h2H,1H3. The van der Waals surface area contributed by atoms with E-state index in [-0.39, 0.29) is 10.2 Å². The number of rotatable bonds is 2. The minimum Gasteiger partial charge on any atom is -0.258 e. The molecule has 15 heavy (non-hydrogen) atoms. The Morgan fingerprint density at radius 2 is 2.33 bits per heavy atom. The van der Waals surface area contributed by atoms with Crippen molar-refractivity contribution in [2.75, 3.05) is 6.26 Å². The fourth-order valence-corrected chi connectivity index (χ4v) is 2.64. The monoisotopic (exact) mass is 261 g/mol. The van der Waals surface area contributed by atoms with Crippen LogP contribution in [-0.2, 0) is 0 Å². The molecule has 0 aliphatic rings. The molecule has 2 aromatic heterocycles. The summed E-state index contributed by atoms with van der Waals surface area (Å²) in [7, 11) is 0. The topological polar surface area (TPSA) is 68.9 Å². The molecule has 2 rings (SSSR count). The summed E-state index contributed by atoms with van der Waals surface area (Å²) in [5, 5.41) is 11.9. The number of nitro groups is 1. The lowest BCUT2D eigenvalue weighted by Gasteiger charge is -1.95. The Labute approximate surface area is 97.6 Å². The first-order valence-corrected chi connectivity index (χ1v) is 6.19. The van der Waals surface area contributed by atoms with Crippen LogP contribution in [0, 0.1) is 10.1 Å². The van der Waals surface area contributed by atoms with Crippen molar-refractivity contribution in [2.45, 2.75) is 5.16 Å². The third-order valence-electron chi connectivity index (χ3n) is 1.68. The molecule has 0 amide bonds. The molecule has 0 saturated heterocycles. The Hall–Kier alpha value is -0.920. The summed E-state index contributed by atoms with van der Waals surface area (Å²) in [5.41, 5.74) is 0. The summed E-state index contributed by atoms with van der Waals surface area (Å²) < 4.78 is 0. The van der Waals surface area contributed by atoms with Crippen molar-refractivity contribution < 1.29 is 4.92 Å². The van der Waals surface area contributed by atoms with Crippen LogP contribution in [-0.4, -0.2) is 21.1 Å². The molecule has 2 heterocycles. The van der Waals surface area contributed by atoms with E-state index in [4.69, 9.17) is 11.6 Å². The second-order valence-electron chi connectivity index (χ2n) is 2.56. The zero-order chi connectivity index (χ0) is 11.0. The van der Waals surface area contributed by atoms with Gasteiger partial charge in [-0.1, -0.05) is 23.4 Å². The number of hydrogen-bond acceptors (Lipinski definition) is 6. The molecule has 0 bridgehead atoms. The predicted octanol–water partition coefficient (Wildman–Crippen LogP) is 2.97. The summed E-state index contributed by atoms with van der Waals surface area (Å²) in [6.45, 7) is 0. The SMILES string of the molecule is CSc1nc(Cl)c2cc([N+](=O)[O-])sc2n1. The Balaban J connectivity index is 2.69. The molecule has 0 N–H and O–H groups in total. The molecule has 0 aliphatic carbocycles. The Morgan fingerprint density at radius 3 is 2.93 bits per heavy atom.